The minimum atomic E-state index is -3.85. The Morgan fingerprint density at radius 2 is 1.75 bits per heavy atom. The molecule has 4 nitrogen and oxygen atoms in total. The summed E-state index contributed by atoms with van der Waals surface area (Å²) in [6, 6.07) is 13.5. The quantitative estimate of drug-likeness (QED) is 0.789. The zero-order valence-corrected chi connectivity index (χ0v) is 13.5. The molecule has 0 bridgehead atoms. The van der Waals surface area contributed by atoms with Crippen LogP contribution in [0.2, 0.25) is 0 Å². The van der Waals surface area contributed by atoms with E-state index in [9.17, 15) is 8.42 Å². The predicted molar refractivity (Wildman–Crippen MR) is 82.7 cm³/mol. The van der Waals surface area contributed by atoms with Crippen molar-refractivity contribution in [3.8, 4) is 5.75 Å². The number of anilines is 1. The van der Waals surface area contributed by atoms with Gasteiger partial charge in [0.25, 0.3) is 0 Å². The summed E-state index contributed by atoms with van der Waals surface area (Å²) in [7, 11) is -0.0991. The Hall–Kier alpha value is -1.53. The molecule has 0 aliphatic carbocycles. The Morgan fingerprint density at radius 3 is 2.40 bits per heavy atom. The molecule has 0 aliphatic rings. The summed E-state index contributed by atoms with van der Waals surface area (Å²) in [5.74, 6) is 0.284. The molecule has 2 aromatic rings. The number of rotatable bonds is 4. The van der Waals surface area contributed by atoms with E-state index in [0.29, 0.717) is 4.47 Å². The normalized spacial score (nSPS) is 11.2. The van der Waals surface area contributed by atoms with Crippen LogP contribution in [0, 0.1) is 0 Å². The second kappa shape index (κ2) is 5.85. The van der Waals surface area contributed by atoms with E-state index in [1.54, 1.807) is 36.4 Å². The van der Waals surface area contributed by atoms with Crippen molar-refractivity contribution in [3.05, 3.63) is 53.0 Å². The molecule has 0 aromatic heterocycles. The Bertz CT molecular complexity index is 714. The largest absolute Gasteiger partial charge is 0.379 e. The SMILES string of the molecule is CN(C)c1cccc(OS(=O)(=O)c2ccccc2Br)c1. The van der Waals surface area contributed by atoms with Crippen LogP contribution in [0.4, 0.5) is 5.69 Å². The van der Waals surface area contributed by atoms with Gasteiger partial charge < -0.3 is 9.08 Å². The lowest BCUT2D eigenvalue weighted by atomic mass is 10.3. The van der Waals surface area contributed by atoms with E-state index in [4.69, 9.17) is 4.18 Å². The summed E-state index contributed by atoms with van der Waals surface area (Å²) in [4.78, 5) is 1.98. The van der Waals surface area contributed by atoms with Crippen molar-refractivity contribution < 1.29 is 12.6 Å². The minimum absolute atomic E-state index is 0.107. The third kappa shape index (κ3) is 3.32. The van der Waals surface area contributed by atoms with E-state index in [-0.39, 0.29) is 10.6 Å². The molecule has 2 rings (SSSR count). The molecule has 106 valence electrons. The van der Waals surface area contributed by atoms with Crippen molar-refractivity contribution in [2.24, 2.45) is 0 Å². The topological polar surface area (TPSA) is 46.6 Å². The van der Waals surface area contributed by atoms with Crippen LogP contribution in [0.15, 0.2) is 57.9 Å². The molecule has 0 radical (unpaired) electrons. The average Bonchev–Trinajstić information content (AvgIpc) is 2.38. The van der Waals surface area contributed by atoms with Crippen molar-refractivity contribution in [1.82, 2.24) is 0 Å². The lowest BCUT2D eigenvalue weighted by Crippen LogP contribution is -2.12. The molecule has 0 N–H and O–H groups in total. The lowest BCUT2D eigenvalue weighted by Gasteiger charge is -2.14. The Balaban J connectivity index is 2.34. The van der Waals surface area contributed by atoms with E-state index in [2.05, 4.69) is 15.9 Å². The van der Waals surface area contributed by atoms with Crippen LogP contribution in [0.3, 0.4) is 0 Å². The highest BCUT2D eigenvalue weighted by atomic mass is 79.9. The first-order chi connectivity index (χ1) is 9.40. The molecule has 0 aliphatic heterocycles. The molecule has 0 unspecified atom stereocenters. The highest BCUT2D eigenvalue weighted by molar-refractivity contribution is 9.10. The van der Waals surface area contributed by atoms with E-state index >= 15 is 0 Å². The van der Waals surface area contributed by atoms with Crippen molar-refractivity contribution in [2.75, 3.05) is 19.0 Å². The van der Waals surface area contributed by atoms with Crippen LogP contribution in [-0.2, 0) is 10.1 Å². The second-order valence-electron chi connectivity index (χ2n) is 4.36. The summed E-state index contributed by atoms with van der Waals surface area (Å²) >= 11 is 3.22. The van der Waals surface area contributed by atoms with Gasteiger partial charge in [0.1, 0.15) is 10.6 Å². The average molecular weight is 356 g/mol. The van der Waals surface area contributed by atoms with Crippen LogP contribution in [0.1, 0.15) is 0 Å². The van der Waals surface area contributed by atoms with Crippen molar-refractivity contribution in [3.63, 3.8) is 0 Å². The number of benzene rings is 2. The van der Waals surface area contributed by atoms with E-state index < -0.39 is 10.1 Å². The van der Waals surface area contributed by atoms with E-state index in [1.165, 1.54) is 6.07 Å². The minimum Gasteiger partial charge on any atom is -0.379 e. The summed E-state index contributed by atoms with van der Waals surface area (Å²) in [5.41, 5.74) is 0.866. The Kier molecular flexibility index (Phi) is 4.35. The molecule has 0 saturated heterocycles. The van der Waals surface area contributed by atoms with Crippen LogP contribution >= 0.6 is 15.9 Å². The first-order valence-corrected chi connectivity index (χ1v) is 8.07. The standard InChI is InChI=1S/C14H14BrNO3S/c1-16(2)11-6-5-7-12(10-11)19-20(17,18)14-9-4-3-8-13(14)15/h3-10H,1-2H3. The second-order valence-corrected chi connectivity index (χ2v) is 6.73. The van der Waals surface area contributed by atoms with E-state index in [1.807, 2.05) is 25.1 Å². The predicted octanol–water partition coefficient (Wildman–Crippen LogP) is 3.28. The van der Waals surface area contributed by atoms with Gasteiger partial charge in [-0.25, -0.2) is 0 Å². The summed E-state index contributed by atoms with van der Waals surface area (Å²) in [6.07, 6.45) is 0. The maximum absolute atomic E-state index is 12.2. The highest BCUT2D eigenvalue weighted by Gasteiger charge is 2.19. The first-order valence-electron chi connectivity index (χ1n) is 5.86. The molecular formula is C14H14BrNO3S. The fourth-order valence-electron chi connectivity index (χ4n) is 1.63. The van der Waals surface area contributed by atoms with Crippen LogP contribution in [0.5, 0.6) is 5.75 Å². The molecule has 0 atom stereocenters. The monoisotopic (exact) mass is 355 g/mol. The third-order valence-electron chi connectivity index (χ3n) is 2.65. The van der Waals surface area contributed by atoms with Crippen LogP contribution in [0.25, 0.3) is 0 Å². The molecule has 2 aromatic carbocycles. The molecular weight excluding hydrogens is 342 g/mol. The van der Waals surface area contributed by atoms with E-state index in [0.717, 1.165) is 5.69 Å². The Labute approximate surface area is 127 Å². The van der Waals surface area contributed by atoms with Crippen LogP contribution in [-0.4, -0.2) is 22.5 Å². The number of nitrogens with zero attached hydrogens (tertiary/aromatic N) is 1. The fourth-order valence-corrected chi connectivity index (χ4v) is 3.51. The zero-order chi connectivity index (χ0) is 14.8. The summed E-state index contributed by atoms with van der Waals surface area (Å²) in [6.45, 7) is 0. The molecule has 0 amide bonds. The summed E-state index contributed by atoms with van der Waals surface area (Å²) in [5, 5.41) is 0. The molecule has 0 heterocycles. The van der Waals surface area contributed by atoms with Gasteiger partial charge in [-0.05, 0) is 40.2 Å². The van der Waals surface area contributed by atoms with Crippen molar-refractivity contribution >= 4 is 31.7 Å². The van der Waals surface area contributed by atoms with Gasteiger partial charge >= 0.3 is 10.1 Å². The maximum Gasteiger partial charge on any atom is 0.340 e. The molecule has 0 saturated carbocycles. The smallest absolute Gasteiger partial charge is 0.340 e. The summed E-state index contributed by atoms with van der Waals surface area (Å²) < 4.78 is 30.1. The van der Waals surface area contributed by atoms with Gasteiger partial charge in [-0.2, -0.15) is 8.42 Å². The number of halogens is 1. The lowest BCUT2D eigenvalue weighted by molar-refractivity contribution is 0.485. The maximum atomic E-state index is 12.2. The third-order valence-corrected chi connectivity index (χ3v) is 4.91. The number of hydrogen-bond donors (Lipinski definition) is 0. The molecule has 6 heteroatoms. The highest BCUT2D eigenvalue weighted by Crippen LogP contribution is 2.26. The van der Waals surface area contributed by atoms with Crippen molar-refractivity contribution in [2.45, 2.75) is 4.90 Å². The Morgan fingerprint density at radius 1 is 1.05 bits per heavy atom. The van der Waals surface area contributed by atoms with Crippen LogP contribution < -0.4 is 9.08 Å². The van der Waals surface area contributed by atoms with Gasteiger partial charge in [0.2, 0.25) is 0 Å². The van der Waals surface area contributed by atoms with Gasteiger partial charge in [0.05, 0.1) is 0 Å². The van der Waals surface area contributed by atoms with Gasteiger partial charge in [0, 0.05) is 30.3 Å². The van der Waals surface area contributed by atoms with Gasteiger partial charge in [-0.1, -0.05) is 18.2 Å². The first kappa shape index (κ1) is 14.9. The van der Waals surface area contributed by atoms with Gasteiger partial charge in [-0.15, -0.1) is 0 Å². The zero-order valence-electron chi connectivity index (χ0n) is 11.1. The fraction of sp³-hybridized carbons (Fsp3) is 0.143. The molecule has 0 fully saturated rings. The van der Waals surface area contributed by atoms with Crippen molar-refractivity contribution in [1.29, 1.82) is 0 Å². The number of hydrogen-bond acceptors (Lipinski definition) is 4. The van der Waals surface area contributed by atoms with Gasteiger partial charge in [0.15, 0.2) is 0 Å². The molecule has 0 spiro atoms. The molecule has 20 heavy (non-hydrogen) atoms. The van der Waals surface area contributed by atoms with Gasteiger partial charge in [-0.3, -0.25) is 0 Å².